The first kappa shape index (κ1) is 24.7. The van der Waals surface area contributed by atoms with Crippen LogP contribution in [0.4, 0.5) is 0 Å². The van der Waals surface area contributed by atoms with Gasteiger partial charge < -0.3 is 25.0 Å². The molecule has 0 spiro atoms. The first-order valence-electron chi connectivity index (χ1n) is 11.1. The van der Waals surface area contributed by atoms with Crippen molar-refractivity contribution in [3.8, 4) is 0 Å². The summed E-state index contributed by atoms with van der Waals surface area (Å²) in [6.07, 6.45) is 5.70. The van der Waals surface area contributed by atoms with Crippen molar-refractivity contribution in [3.05, 3.63) is 0 Å². The summed E-state index contributed by atoms with van der Waals surface area (Å²) in [5, 5.41) is 13.9. The molecule has 168 valence electrons. The van der Waals surface area contributed by atoms with Crippen LogP contribution in [-0.2, 0) is 9.53 Å². The average molecular weight is 522 g/mol. The zero-order chi connectivity index (χ0) is 20.0. The molecule has 0 aromatic rings. The highest BCUT2D eigenvalue weighted by atomic mass is 127. The normalized spacial score (nSPS) is 29.3. The zero-order valence-corrected chi connectivity index (χ0v) is 20.4. The van der Waals surface area contributed by atoms with E-state index in [9.17, 15) is 9.90 Å². The lowest BCUT2D eigenvalue weighted by molar-refractivity contribution is -0.140. The predicted octanol–water partition coefficient (Wildman–Crippen LogP) is 2.08. The van der Waals surface area contributed by atoms with Gasteiger partial charge in [0.25, 0.3) is 0 Å². The molecule has 2 heterocycles. The summed E-state index contributed by atoms with van der Waals surface area (Å²) in [4.78, 5) is 21.9. The molecule has 3 fully saturated rings. The van der Waals surface area contributed by atoms with Gasteiger partial charge in [-0.3, -0.25) is 9.79 Å². The highest BCUT2D eigenvalue weighted by molar-refractivity contribution is 14.0. The van der Waals surface area contributed by atoms with Gasteiger partial charge in [-0.25, -0.2) is 0 Å². The minimum atomic E-state index is -0.259. The van der Waals surface area contributed by atoms with E-state index in [2.05, 4.69) is 24.1 Å². The monoisotopic (exact) mass is 522 g/mol. The maximum atomic E-state index is 12.7. The standard InChI is InChI=1S/C21H38N4O3.HI/c1-3-22-20(23-16-21(2)9-5-4-6-18(21)26)25-10-7-17(8-11-25)19(27)24-12-14-28-15-13-24;/h17-18,26H,3-16H2,1-2H3,(H,22,23);1H. The first-order chi connectivity index (χ1) is 13.5. The van der Waals surface area contributed by atoms with Crippen LogP contribution in [0.1, 0.15) is 52.4 Å². The van der Waals surface area contributed by atoms with Gasteiger partial charge in [-0.2, -0.15) is 0 Å². The number of hydrogen-bond acceptors (Lipinski definition) is 4. The summed E-state index contributed by atoms with van der Waals surface area (Å²) in [5.41, 5.74) is -0.121. The third kappa shape index (κ3) is 6.43. The Balaban J connectivity index is 0.00000300. The van der Waals surface area contributed by atoms with Crippen molar-refractivity contribution >= 4 is 35.8 Å². The quantitative estimate of drug-likeness (QED) is 0.336. The Hall–Kier alpha value is -0.610. The van der Waals surface area contributed by atoms with Gasteiger partial charge in [0.15, 0.2) is 5.96 Å². The number of aliphatic hydroxyl groups is 1. The Morgan fingerprint density at radius 3 is 2.45 bits per heavy atom. The van der Waals surface area contributed by atoms with Crippen LogP contribution in [0.15, 0.2) is 4.99 Å². The van der Waals surface area contributed by atoms with Gasteiger partial charge in [0.05, 0.1) is 25.9 Å². The Kier molecular flexibility index (Phi) is 9.94. The Labute approximate surface area is 192 Å². The number of nitrogens with zero attached hydrogens (tertiary/aromatic N) is 3. The SMILES string of the molecule is CCNC(=NCC1(C)CCCCC1O)N1CCC(C(=O)N2CCOCC2)CC1.I. The number of guanidine groups is 1. The molecule has 3 rings (SSSR count). The van der Waals surface area contributed by atoms with Crippen LogP contribution in [0.5, 0.6) is 0 Å². The van der Waals surface area contributed by atoms with Crippen molar-refractivity contribution < 1.29 is 14.6 Å². The summed E-state index contributed by atoms with van der Waals surface area (Å²) in [6.45, 7) is 10.2. The highest BCUT2D eigenvalue weighted by Gasteiger charge is 2.36. The van der Waals surface area contributed by atoms with Gasteiger partial charge in [-0.15, -0.1) is 24.0 Å². The van der Waals surface area contributed by atoms with Gasteiger partial charge in [-0.05, 0) is 32.6 Å². The molecule has 2 N–H and O–H groups in total. The maximum Gasteiger partial charge on any atom is 0.225 e. The number of hydrogen-bond donors (Lipinski definition) is 2. The third-order valence-electron chi connectivity index (χ3n) is 6.67. The number of carbonyl (C=O) groups excluding carboxylic acids is 1. The number of rotatable bonds is 4. The minimum absolute atomic E-state index is 0. The number of carbonyl (C=O) groups is 1. The Bertz CT molecular complexity index is 548. The summed E-state index contributed by atoms with van der Waals surface area (Å²) in [7, 11) is 0. The van der Waals surface area contributed by atoms with Gasteiger partial charge in [-0.1, -0.05) is 19.8 Å². The summed E-state index contributed by atoms with van der Waals surface area (Å²) in [5.74, 6) is 1.34. The summed E-state index contributed by atoms with van der Waals surface area (Å²) in [6, 6.07) is 0. The molecule has 0 aromatic heterocycles. The molecule has 1 aliphatic carbocycles. The van der Waals surface area contributed by atoms with Crippen molar-refractivity contribution in [2.24, 2.45) is 16.3 Å². The van der Waals surface area contributed by atoms with Crippen LogP contribution in [-0.4, -0.2) is 85.4 Å². The second-order valence-electron chi connectivity index (χ2n) is 8.78. The van der Waals surface area contributed by atoms with E-state index in [-0.39, 0.29) is 41.4 Å². The zero-order valence-electron chi connectivity index (χ0n) is 18.1. The number of aliphatic imine (C=N–C) groups is 1. The molecule has 2 atom stereocenters. The number of piperidine rings is 1. The molecule has 0 radical (unpaired) electrons. The number of morpholine rings is 1. The van der Waals surface area contributed by atoms with Crippen LogP contribution in [0.2, 0.25) is 0 Å². The van der Waals surface area contributed by atoms with Crippen molar-refractivity contribution in [2.75, 3.05) is 52.5 Å². The molecule has 29 heavy (non-hydrogen) atoms. The molecule has 0 aromatic carbocycles. The fraction of sp³-hybridized carbons (Fsp3) is 0.905. The average Bonchev–Trinajstić information content (AvgIpc) is 2.74. The first-order valence-corrected chi connectivity index (χ1v) is 11.1. The maximum absolute atomic E-state index is 12.7. The minimum Gasteiger partial charge on any atom is -0.392 e. The van der Waals surface area contributed by atoms with Gasteiger partial charge in [0.1, 0.15) is 0 Å². The van der Waals surface area contributed by atoms with E-state index in [4.69, 9.17) is 9.73 Å². The van der Waals surface area contributed by atoms with Crippen LogP contribution < -0.4 is 5.32 Å². The number of ether oxygens (including phenoxy) is 1. The molecule has 2 unspecified atom stereocenters. The number of likely N-dealkylation sites (tertiary alicyclic amines) is 1. The lowest BCUT2D eigenvalue weighted by atomic mass is 9.73. The molecule has 1 amide bonds. The number of amides is 1. The fourth-order valence-electron chi connectivity index (χ4n) is 4.63. The van der Waals surface area contributed by atoms with Crippen molar-refractivity contribution in [2.45, 2.75) is 58.5 Å². The molecular weight excluding hydrogens is 483 g/mol. The number of halogens is 1. The number of nitrogens with one attached hydrogen (secondary N) is 1. The smallest absolute Gasteiger partial charge is 0.225 e. The molecule has 2 aliphatic heterocycles. The third-order valence-corrected chi connectivity index (χ3v) is 6.67. The molecule has 8 heteroatoms. The van der Waals surface area contributed by atoms with Crippen LogP contribution in [0.3, 0.4) is 0 Å². The topological polar surface area (TPSA) is 77.4 Å². The van der Waals surface area contributed by atoms with Crippen molar-refractivity contribution in [1.29, 1.82) is 0 Å². The lowest BCUT2D eigenvalue weighted by Crippen LogP contribution is -2.50. The second kappa shape index (κ2) is 11.7. The molecule has 0 bridgehead atoms. The Morgan fingerprint density at radius 2 is 1.83 bits per heavy atom. The van der Waals surface area contributed by atoms with Crippen LogP contribution >= 0.6 is 24.0 Å². The summed E-state index contributed by atoms with van der Waals surface area (Å²) < 4.78 is 5.36. The van der Waals surface area contributed by atoms with E-state index in [1.165, 1.54) is 6.42 Å². The highest BCUT2D eigenvalue weighted by Crippen LogP contribution is 2.36. The summed E-state index contributed by atoms with van der Waals surface area (Å²) >= 11 is 0. The van der Waals surface area contributed by atoms with Crippen molar-refractivity contribution in [3.63, 3.8) is 0 Å². The molecule has 1 saturated carbocycles. The molecular formula is C21H39IN4O3. The Morgan fingerprint density at radius 1 is 1.14 bits per heavy atom. The largest absolute Gasteiger partial charge is 0.392 e. The van der Waals surface area contributed by atoms with E-state index in [0.29, 0.717) is 25.7 Å². The van der Waals surface area contributed by atoms with Gasteiger partial charge in [0.2, 0.25) is 5.91 Å². The number of aliphatic hydroxyl groups excluding tert-OH is 1. The molecule has 3 aliphatic rings. The van der Waals surface area contributed by atoms with Gasteiger partial charge >= 0.3 is 0 Å². The lowest BCUT2D eigenvalue weighted by Gasteiger charge is -2.39. The molecule has 2 saturated heterocycles. The van der Waals surface area contributed by atoms with E-state index in [1.807, 2.05) is 4.90 Å². The second-order valence-corrected chi connectivity index (χ2v) is 8.78. The van der Waals surface area contributed by atoms with Crippen molar-refractivity contribution in [1.82, 2.24) is 15.1 Å². The van der Waals surface area contributed by atoms with E-state index >= 15 is 0 Å². The van der Waals surface area contributed by atoms with E-state index in [0.717, 1.165) is 70.8 Å². The van der Waals surface area contributed by atoms with E-state index in [1.54, 1.807) is 0 Å². The van der Waals surface area contributed by atoms with Gasteiger partial charge in [0, 0.05) is 44.1 Å². The fourth-order valence-corrected chi connectivity index (χ4v) is 4.63. The predicted molar refractivity (Wildman–Crippen MR) is 126 cm³/mol. The van der Waals surface area contributed by atoms with Crippen LogP contribution in [0, 0.1) is 11.3 Å². The molecule has 7 nitrogen and oxygen atoms in total. The van der Waals surface area contributed by atoms with Crippen LogP contribution in [0.25, 0.3) is 0 Å². The van der Waals surface area contributed by atoms with E-state index < -0.39 is 0 Å².